The molecule has 0 radical (unpaired) electrons. The highest BCUT2D eigenvalue weighted by atomic mass is 35.5. The molecular formula is C19H22ClFN4O. The highest BCUT2D eigenvalue weighted by molar-refractivity contribution is 6.31. The molecule has 4 rings (SSSR count). The van der Waals surface area contributed by atoms with E-state index in [-0.39, 0.29) is 16.8 Å². The molecule has 3 N–H and O–H groups in total. The van der Waals surface area contributed by atoms with Crippen molar-refractivity contribution in [2.24, 2.45) is 18.9 Å². The number of hydrogen-bond donors (Lipinski definition) is 2. The number of fused-ring (bicyclic) bond motifs is 1. The Morgan fingerprint density at radius 3 is 2.69 bits per heavy atom. The first-order chi connectivity index (χ1) is 12.4. The van der Waals surface area contributed by atoms with Gasteiger partial charge in [-0.2, -0.15) is 5.10 Å². The monoisotopic (exact) mass is 376 g/mol. The first-order valence-corrected chi connectivity index (χ1v) is 9.40. The molecule has 138 valence electrons. The Bertz CT molecular complexity index is 853. The van der Waals surface area contributed by atoms with E-state index in [0.29, 0.717) is 17.1 Å². The quantitative estimate of drug-likeness (QED) is 0.836. The topological polar surface area (TPSA) is 72.9 Å². The van der Waals surface area contributed by atoms with Crippen LogP contribution >= 0.6 is 11.6 Å². The van der Waals surface area contributed by atoms with E-state index in [0.717, 1.165) is 30.4 Å². The zero-order valence-corrected chi connectivity index (χ0v) is 15.4. The summed E-state index contributed by atoms with van der Waals surface area (Å²) in [4.78, 5) is 12.9. The molecule has 1 aromatic heterocycles. The maximum atomic E-state index is 13.3. The zero-order valence-electron chi connectivity index (χ0n) is 14.6. The second-order valence-electron chi connectivity index (χ2n) is 7.47. The van der Waals surface area contributed by atoms with Crippen LogP contribution in [-0.4, -0.2) is 15.7 Å². The summed E-state index contributed by atoms with van der Waals surface area (Å²) in [5.74, 6) is 1.26. The van der Waals surface area contributed by atoms with E-state index in [1.54, 1.807) is 11.7 Å². The Labute approximate surface area is 156 Å². The van der Waals surface area contributed by atoms with Crippen LogP contribution in [0.15, 0.2) is 18.2 Å². The molecule has 7 heteroatoms. The van der Waals surface area contributed by atoms with Crippen LogP contribution in [0, 0.1) is 17.7 Å². The molecule has 26 heavy (non-hydrogen) atoms. The van der Waals surface area contributed by atoms with Crippen molar-refractivity contribution in [3.8, 4) is 0 Å². The molecule has 1 amide bonds. The highest BCUT2D eigenvalue weighted by Crippen LogP contribution is 2.51. The van der Waals surface area contributed by atoms with Crippen LogP contribution in [0.4, 0.5) is 15.9 Å². The van der Waals surface area contributed by atoms with Gasteiger partial charge in [0.1, 0.15) is 17.2 Å². The Morgan fingerprint density at radius 1 is 1.35 bits per heavy atom. The van der Waals surface area contributed by atoms with E-state index in [9.17, 15) is 9.18 Å². The first-order valence-electron chi connectivity index (χ1n) is 9.02. The summed E-state index contributed by atoms with van der Waals surface area (Å²) in [6.07, 6.45) is 6.01. The van der Waals surface area contributed by atoms with E-state index < -0.39 is 5.82 Å². The van der Waals surface area contributed by atoms with Gasteiger partial charge < -0.3 is 11.1 Å². The fourth-order valence-electron chi connectivity index (χ4n) is 4.63. The average Bonchev–Trinajstić information content (AvgIpc) is 3.25. The normalized spacial score (nSPS) is 24.7. The molecule has 2 fully saturated rings. The number of amides is 1. The van der Waals surface area contributed by atoms with Crippen LogP contribution in [-0.2, 0) is 7.05 Å². The lowest BCUT2D eigenvalue weighted by Crippen LogP contribution is -2.16. The molecule has 2 saturated carbocycles. The standard InChI is InChI=1S/C19H22ClFN4O/c1-25-18(22)16(19(26)23-13-5-6-15(21)14(20)9-13)17(24-25)12-7-10-3-2-4-11(10)8-12/h5-6,9-12H,2-4,7-8,22H2,1H3,(H,23,26)/t10-,11?,12?/m0/s1. The Hall–Kier alpha value is -2.08. The lowest BCUT2D eigenvalue weighted by Gasteiger charge is -2.12. The second kappa shape index (κ2) is 6.58. The van der Waals surface area contributed by atoms with Crippen molar-refractivity contribution in [2.75, 3.05) is 11.1 Å². The molecular weight excluding hydrogens is 355 g/mol. The van der Waals surface area contributed by atoms with E-state index >= 15 is 0 Å². The third-order valence-corrected chi connectivity index (χ3v) is 6.19. The van der Waals surface area contributed by atoms with Gasteiger partial charge in [-0.25, -0.2) is 4.39 Å². The summed E-state index contributed by atoms with van der Waals surface area (Å²) >= 11 is 5.80. The number of aryl methyl sites for hydroxylation is 1. The summed E-state index contributed by atoms with van der Waals surface area (Å²) in [5.41, 5.74) is 7.79. The molecule has 2 aromatic rings. The summed E-state index contributed by atoms with van der Waals surface area (Å²) in [6, 6.07) is 4.09. The third-order valence-electron chi connectivity index (χ3n) is 5.90. The molecule has 5 nitrogen and oxygen atoms in total. The number of anilines is 2. The minimum Gasteiger partial charge on any atom is -0.383 e. The van der Waals surface area contributed by atoms with Gasteiger partial charge in [-0.05, 0) is 42.9 Å². The van der Waals surface area contributed by atoms with Crippen molar-refractivity contribution in [3.05, 3.63) is 40.3 Å². The van der Waals surface area contributed by atoms with Gasteiger partial charge in [0.15, 0.2) is 0 Å². The molecule has 1 heterocycles. The first kappa shape index (κ1) is 17.3. The summed E-state index contributed by atoms with van der Waals surface area (Å²) in [7, 11) is 1.75. The Kier molecular flexibility index (Phi) is 4.39. The molecule has 1 aromatic carbocycles. The fraction of sp³-hybridized carbons (Fsp3) is 0.474. The predicted octanol–water partition coefficient (Wildman–Crippen LogP) is 4.34. The number of nitrogens with zero attached hydrogens (tertiary/aromatic N) is 2. The largest absolute Gasteiger partial charge is 0.383 e. The smallest absolute Gasteiger partial charge is 0.261 e. The van der Waals surface area contributed by atoms with Crippen molar-refractivity contribution in [3.63, 3.8) is 0 Å². The van der Waals surface area contributed by atoms with Gasteiger partial charge in [-0.3, -0.25) is 9.48 Å². The fourth-order valence-corrected chi connectivity index (χ4v) is 4.81. The van der Waals surface area contributed by atoms with E-state index in [2.05, 4.69) is 10.4 Å². The summed E-state index contributed by atoms with van der Waals surface area (Å²) in [6.45, 7) is 0. The van der Waals surface area contributed by atoms with Gasteiger partial charge in [0.2, 0.25) is 0 Å². The lowest BCUT2D eigenvalue weighted by molar-refractivity contribution is 0.102. The number of aromatic nitrogens is 2. The van der Waals surface area contributed by atoms with Gasteiger partial charge >= 0.3 is 0 Å². The predicted molar refractivity (Wildman–Crippen MR) is 99.8 cm³/mol. The van der Waals surface area contributed by atoms with Gasteiger partial charge in [0.05, 0.1) is 10.7 Å². The van der Waals surface area contributed by atoms with Gasteiger partial charge in [-0.1, -0.05) is 30.9 Å². The van der Waals surface area contributed by atoms with E-state index in [4.69, 9.17) is 17.3 Å². The van der Waals surface area contributed by atoms with Crippen molar-refractivity contribution in [2.45, 2.75) is 38.0 Å². The summed E-state index contributed by atoms with van der Waals surface area (Å²) in [5, 5.41) is 7.29. The number of halogens is 2. The van der Waals surface area contributed by atoms with Crippen molar-refractivity contribution >= 4 is 29.0 Å². The molecule has 2 unspecified atom stereocenters. The van der Waals surface area contributed by atoms with Crippen LogP contribution in [0.3, 0.4) is 0 Å². The zero-order chi connectivity index (χ0) is 18.4. The van der Waals surface area contributed by atoms with Crippen molar-refractivity contribution < 1.29 is 9.18 Å². The minimum absolute atomic E-state index is 0.0363. The van der Waals surface area contributed by atoms with Crippen LogP contribution in [0.1, 0.15) is 54.1 Å². The second-order valence-corrected chi connectivity index (χ2v) is 7.88. The number of rotatable bonds is 3. The van der Waals surface area contributed by atoms with Gasteiger partial charge in [0, 0.05) is 18.7 Å². The Balaban J connectivity index is 1.61. The van der Waals surface area contributed by atoms with Gasteiger partial charge in [0.25, 0.3) is 5.91 Å². The number of carbonyl (C=O) groups excluding carboxylic acids is 1. The highest BCUT2D eigenvalue weighted by Gasteiger charge is 2.40. The van der Waals surface area contributed by atoms with Crippen LogP contribution in [0.2, 0.25) is 5.02 Å². The number of nitrogens with two attached hydrogens (primary N) is 1. The maximum absolute atomic E-state index is 13.3. The molecule has 0 spiro atoms. The SMILES string of the molecule is Cn1nc(C2CC3CCC[C@H]3C2)c(C(=O)Nc2ccc(F)c(Cl)c2)c1N. The molecule has 3 atom stereocenters. The number of nitrogen functional groups attached to an aromatic ring is 1. The number of hydrogen-bond acceptors (Lipinski definition) is 3. The molecule has 0 aliphatic heterocycles. The summed E-state index contributed by atoms with van der Waals surface area (Å²) < 4.78 is 14.9. The number of nitrogens with one attached hydrogen (secondary N) is 1. The number of carbonyl (C=O) groups is 1. The van der Waals surface area contributed by atoms with E-state index in [1.807, 2.05) is 0 Å². The average molecular weight is 377 g/mol. The minimum atomic E-state index is -0.524. The number of benzene rings is 1. The van der Waals surface area contributed by atoms with Crippen LogP contribution < -0.4 is 11.1 Å². The van der Waals surface area contributed by atoms with Gasteiger partial charge in [-0.15, -0.1) is 0 Å². The molecule has 0 saturated heterocycles. The maximum Gasteiger partial charge on any atom is 0.261 e. The van der Waals surface area contributed by atoms with Crippen molar-refractivity contribution in [1.82, 2.24) is 9.78 Å². The van der Waals surface area contributed by atoms with Crippen LogP contribution in [0.5, 0.6) is 0 Å². The van der Waals surface area contributed by atoms with Crippen molar-refractivity contribution in [1.29, 1.82) is 0 Å². The molecule has 2 aliphatic carbocycles. The lowest BCUT2D eigenvalue weighted by atomic mass is 9.96. The van der Waals surface area contributed by atoms with Crippen LogP contribution in [0.25, 0.3) is 0 Å². The third kappa shape index (κ3) is 2.96. The molecule has 0 bridgehead atoms. The van der Waals surface area contributed by atoms with E-state index in [1.165, 1.54) is 37.5 Å². The molecule has 2 aliphatic rings. The Morgan fingerprint density at radius 2 is 2.04 bits per heavy atom.